The minimum absolute atomic E-state index is 0.120. The van der Waals surface area contributed by atoms with Gasteiger partial charge >= 0.3 is 5.97 Å². The molecule has 28 heavy (non-hydrogen) atoms. The molecular formula is C20H31N3O4S. The Morgan fingerprint density at radius 3 is 2.14 bits per heavy atom. The van der Waals surface area contributed by atoms with Crippen LogP contribution in [0, 0.1) is 11.8 Å². The molecule has 2 amide bonds. The molecule has 0 aliphatic heterocycles. The van der Waals surface area contributed by atoms with Gasteiger partial charge in [-0.05, 0) is 37.8 Å². The average Bonchev–Trinajstić information content (AvgIpc) is 2.64. The topological polar surface area (TPSA) is 97.4 Å². The molecule has 7 nitrogen and oxygen atoms in total. The van der Waals surface area contributed by atoms with Crippen LogP contribution in [0.25, 0.3) is 0 Å². The molecule has 2 atom stereocenters. The number of rotatable bonds is 10. The monoisotopic (exact) mass is 409 g/mol. The number of nitrogens with zero attached hydrogens (tertiary/aromatic N) is 1. The first-order valence-electron chi connectivity index (χ1n) is 9.49. The molecule has 1 heterocycles. The van der Waals surface area contributed by atoms with Crippen LogP contribution in [-0.2, 0) is 14.3 Å². The fraction of sp³-hybridized carbons (Fsp3) is 0.600. The highest BCUT2D eigenvalue weighted by Crippen LogP contribution is 2.25. The first kappa shape index (κ1) is 23.9. The van der Waals surface area contributed by atoms with Crippen LogP contribution in [0.3, 0.4) is 0 Å². The largest absolute Gasteiger partial charge is 0.449 e. The van der Waals surface area contributed by atoms with Crippen molar-refractivity contribution in [2.24, 2.45) is 11.8 Å². The van der Waals surface area contributed by atoms with Crippen LogP contribution in [0.4, 0.5) is 0 Å². The summed E-state index contributed by atoms with van der Waals surface area (Å²) in [6.45, 7) is 12.4. The lowest BCUT2D eigenvalue weighted by molar-refractivity contribution is -0.129. The predicted octanol–water partition coefficient (Wildman–Crippen LogP) is 2.65. The maximum atomic E-state index is 12.5. The van der Waals surface area contributed by atoms with Gasteiger partial charge in [-0.2, -0.15) is 0 Å². The lowest BCUT2D eigenvalue weighted by Crippen LogP contribution is -2.37. The molecule has 0 radical (unpaired) electrons. The van der Waals surface area contributed by atoms with Gasteiger partial charge in [-0.25, -0.2) is 9.78 Å². The summed E-state index contributed by atoms with van der Waals surface area (Å²) < 4.78 is 5.29. The fourth-order valence-corrected chi connectivity index (χ4v) is 2.96. The van der Waals surface area contributed by atoms with E-state index in [1.807, 2.05) is 27.7 Å². The third-order valence-corrected chi connectivity index (χ3v) is 4.79. The van der Waals surface area contributed by atoms with E-state index in [2.05, 4.69) is 15.6 Å². The van der Waals surface area contributed by atoms with Gasteiger partial charge in [-0.3, -0.25) is 9.59 Å². The lowest BCUT2D eigenvalue weighted by atomic mass is 10.2. The highest BCUT2D eigenvalue weighted by atomic mass is 32.2. The van der Waals surface area contributed by atoms with Crippen molar-refractivity contribution in [1.82, 2.24) is 15.6 Å². The van der Waals surface area contributed by atoms with Crippen LogP contribution in [0.5, 0.6) is 0 Å². The van der Waals surface area contributed by atoms with Crippen LogP contribution in [-0.4, -0.2) is 47.2 Å². The SMILES string of the molecule is CC(C)CNC(=O)C(C)OC(=O)c1cccnc1SC(C)C(=O)NCC(C)C. The fourth-order valence-electron chi connectivity index (χ4n) is 2.04. The lowest BCUT2D eigenvalue weighted by Gasteiger charge is -2.16. The molecule has 0 saturated heterocycles. The molecule has 1 rings (SSSR count). The van der Waals surface area contributed by atoms with E-state index >= 15 is 0 Å². The first-order chi connectivity index (χ1) is 13.1. The van der Waals surface area contributed by atoms with E-state index in [1.54, 1.807) is 25.3 Å². The van der Waals surface area contributed by atoms with Gasteiger partial charge in [0.15, 0.2) is 6.10 Å². The van der Waals surface area contributed by atoms with Crippen molar-refractivity contribution in [1.29, 1.82) is 0 Å². The molecule has 2 unspecified atom stereocenters. The number of ether oxygens (including phenoxy) is 1. The molecule has 0 spiro atoms. The van der Waals surface area contributed by atoms with Crippen molar-refractivity contribution >= 4 is 29.5 Å². The van der Waals surface area contributed by atoms with Crippen LogP contribution >= 0.6 is 11.8 Å². The zero-order valence-electron chi connectivity index (χ0n) is 17.4. The summed E-state index contributed by atoms with van der Waals surface area (Å²) in [5, 5.41) is 5.57. The molecule has 0 aliphatic rings. The summed E-state index contributed by atoms with van der Waals surface area (Å²) >= 11 is 1.18. The van der Waals surface area contributed by atoms with E-state index < -0.39 is 17.3 Å². The normalized spacial score (nSPS) is 13.1. The van der Waals surface area contributed by atoms with Crippen molar-refractivity contribution < 1.29 is 19.1 Å². The van der Waals surface area contributed by atoms with E-state index in [0.29, 0.717) is 30.0 Å². The van der Waals surface area contributed by atoms with E-state index in [4.69, 9.17) is 4.74 Å². The molecular weight excluding hydrogens is 378 g/mol. The van der Waals surface area contributed by atoms with Crippen molar-refractivity contribution in [3.8, 4) is 0 Å². The van der Waals surface area contributed by atoms with Gasteiger partial charge in [0, 0.05) is 19.3 Å². The molecule has 1 aromatic heterocycles. The summed E-state index contributed by atoms with van der Waals surface area (Å²) in [7, 11) is 0. The highest BCUT2D eigenvalue weighted by molar-refractivity contribution is 8.00. The number of amides is 2. The minimum Gasteiger partial charge on any atom is -0.449 e. The Kier molecular flexibility index (Phi) is 9.99. The molecule has 156 valence electrons. The first-order valence-corrected chi connectivity index (χ1v) is 10.4. The third-order valence-electron chi connectivity index (χ3n) is 3.67. The number of hydrogen-bond donors (Lipinski definition) is 2. The van der Waals surface area contributed by atoms with E-state index in [-0.39, 0.29) is 17.4 Å². The van der Waals surface area contributed by atoms with Crippen LogP contribution < -0.4 is 10.6 Å². The summed E-state index contributed by atoms with van der Waals surface area (Å²) in [6, 6.07) is 3.20. The highest BCUT2D eigenvalue weighted by Gasteiger charge is 2.24. The zero-order valence-corrected chi connectivity index (χ0v) is 18.3. The summed E-state index contributed by atoms with van der Waals surface area (Å²) in [5.41, 5.74) is 0.236. The van der Waals surface area contributed by atoms with Gasteiger partial charge in [0.2, 0.25) is 5.91 Å². The second-order valence-electron chi connectivity index (χ2n) is 7.44. The van der Waals surface area contributed by atoms with Crippen molar-refractivity contribution in [2.75, 3.05) is 13.1 Å². The Hall–Kier alpha value is -2.09. The number of esters is 1. The minimum atomic E-state index is -0.920. The molecule has 0 bridgehead atoms. The second kappa shape index (κ2) is 11.7. The number of hydrogen-bond acceptors (Lipinski definition) is 6. The third kappa shape index (κ3) is 8.29. The molecule has 0 aromatic carbocycles. The van der Waals surface area contributed by atoms with Crippen molar-refractivity contribution in [3.63, 3.8) is 0 Å². The summed E-state index contributed by atoms with van der Waals surface area (Å²) in [4.78, 5) is 41.0. The molecule has 0 aliphatic carbocycles. The molecule has 0 saturated carbocycles. The summed E-state index contributed by atoms with van der Waals surface area (Å²) in [6.07, 6.45) is 0.632. The number of pyridine rings is 1. The van der Waals surface area contributed by atoms with Gasteiger partial charge in [0.05, 0.1) is 10.8 Å². The molecule has 0 fully saturated rings. The predicted molar refractivity (Wildman–Crippen MR) is 110 cm³/mol. The Morgan fingerprint density at radius 2 is 1.57 bits per heavy atom. The number of nitrogens with one attached hydrogen (secondary N) is 2. The van der Waals surface area contributed by atoms with Gasteiger partial charge < -0.3 is 15.4 Å². The van der Waals surface area contributed by atoms with E-state index in [1.165, 1.54) is 18.7 Å². The standard InChI is InChI=1S/C20H31N3O4S/c1-12(2)10-22-17(24)14(5)27-20(26)16-8-7-9-21-19(16)28-15(6)18(25)23-11-13(3)4/h7-9,12-15H,10-11H2,1-6H3,(H,22,24)(H,23,25). The van der Waals surface area contributed by atoms with Gasteiger partial charge in [-0.1, -0.05) is 39.5 Å². The van der Waals surface area contributed by atoms with Crippen molar-refractivity contribution in [3.05, 3.63) is 23.9 Å². The summed E-state index contributed by atoms with van der Waals surface area (Å²) in [5.74, 6) is -0.453. The van der Waals surface area contributed by atoms with Gasteiger partial charge in [0.25, 0.3) is 5.91 Å². The van der Waals surface area contributed by atoms with Crippen LogP contribution in [0.1, 0.15) is 51.9 Å². The van der Waals surface area contributed by atoms with Crippen LogP contribution in [0.15, 0.2) is 23.4 Å². The number of aromatic nitrogens is 1. The molecule has 2 N–H and O–H groups in total. The quantitative estimate of drug-likeness (QED) is 0.455. The zero-order chi connectivity index (χ0) is 21.3. The van der Waals surface area contributed by atoms with Gasteiger partial charge in [0.1, 0.15) is 5.03 Å². The van der Waals surface area contributed by atoms with E-state index in [9.17, 15) is 14.4 Å². The second-order valence-corrected chi connectivity index (χ2v) is 8.77. The number of carbonyl (C=O) groups is 3. The Labute approximate surface area is 171 Å². The average molecular weight is 410 g/mol. The maximum Gasteiger partial charge on any atom is 0.341 e. The van der Waals surface area contributed by atoms with Crippen molar-refractivity contribution in [2.45, 2.75) is 57.9 Å². The molecule has 8 heteroatoms. The van der Waals surface area contributed by atoms with Crippen LogP contribution in [0.2, 0.25) is 0 Å². The Morgan fingerprint density at radius 1 is 1.00 bits per heavy atom. The number of carbonyl (C=O) groups excluding carboxylic acids is 3. The molecule has 1 aromatic rings. The number of thioether (sulfide) groups is 1. The Bertz CT molecular complexity index is 679. The smallest absolute Gasteiger partial charge is 0.341 e. The Balaban J connectivity index is 2.75. The van der Waals surface area contributed by atoms with Gasteiger partial charge in [-0.15, -0.1) is 0 Å². The van der Waals surface area contributed by atoms with E-state index in [0.717, 1.165) is 0 Å². The maximum absolute atomic E-state index is 12.5.